The minimum Gasteiger partial charge on any atom is -0.388 e. The summed E-state index contributed by atoms with van der Waals surface area (Å²) in [5.74, 6) is 0. The van der Waals surface area contributed by atoms with Gasteiger partial charge in [-0.3, -0.25) is 0 Å². The molecule has 0 amide bonds. The standard InChI is InChI=1S/C7H14N2O/c1-7(5-8)6-9-3-4-10-2/h5-6,8-9H,3-4H2,1-2H3/b7-6-,8-5?. The van der Waals surface area contributed by atoms with Crippen molar-refractivity contribution >= 4 is 6.21 Å². The third-order valence-corrected chi connectivity index (χ3v) is 1.01. The molecule has 0 radical (unpaired) electrons. The number of hydrogen-bond donors (Lipinski definition) is 2. The van der Waals surface area contributed by atoms with E-state index in [1.54, 1.807) is 13.3 Å². The van der Waals surface area contributed by atoms with Crippen molar-refractivity contribution in [2.24, 2.45) is 0 Å². The molecule has 0 aliphatic heterocycles. The Morgan fingerprint density at radius 3 is 2.90 bits per heavy atom. The van der Waals surface area contributed by atoms with Crippen LogP contribution in [0.3, 0.4) is 0 Å². The van der Waals surface area contributed by atoms with E-state index >= 15 is 0 Å². The smallest absolute Gasteiger partial charge is 0.0635 e. The average molecular weight is 142 g/mol. The molecule has 0 saturated heterocycles. The summed E-state index contributed by atoms with van der Waals surface area (Å²) in [7, 11) is 1.66. The molecule has 0 saturated carbocycles. The fourth-order valence-electron chi connectivity index (χ4n) is 0.436. The number of ether oxygens (including phenoxy) is 1. The first kappa shape index (κ1) is 9.17. The van der Waals surface area contributed by atoms with Gasteiger partial charge in [0.15, 0.2) is 0 Å². The molecule has 0 aromatic rings. The van der Waals surface area contributed by atoms with Gasteiger partial charge in [-0.1, -0.05) is 0 Å². The lowest BCUT2D eigenvalue weighted by Crippen LogP contribution is -2.12. The van der Waals surface area contributed by atoms with Crippen LogP contribution in [0.2, 0.25) is 0 Å². The Hall–Kier alpha value is -0.830. The second-order valence-electron chi connectivity index (χ2n) is 1.98. The predicted molar refractivity (Wildman–Crippen MR) is 42.4 cm³/mol. The summed E-state index contributed by atoms with van der Waals surface area (Å²) in [5, 5.41) is 9.82. The Balaban J connectivity index is 3.24. The molecule has 0 aliphatic rings. The van der Waals surface area contributed by atoms with E-state index in [9.17, 15) is 0 Å². The molecule has 10 heavy (non-hydrogen) atoms. The van der Waals surface area contributed by atoms with Gasteiger partial charge in [0.25, 0.3) is 0 Å². The first-order valence-corrected chi connectivity index (χ1v) is 3.21. The van der Waals surface area contributed by atoms with Gasteiger partial charge < -0.3 is 15.5 Å². The fourth-order valence-corrected chi connectivity index (χ4v) is 0.436. The summed E-state index contributed by atoms with van der Waals surface area (Å²) in [4.78, 5) is 0. The second kappa shape index (κ2) is 6.29. The normalized spacial score (nSPS) is 11.2. The van der Waals surface area contributed by atoms with Crippen molar-refractivity contribution in [3.05, 3.63) is 11.8 Å². The Labute approximate surface area is 61.6 Å². The van der Waals surface area contributed by atoms with Crippen molar-refractivity contribution in [1.82, 2.24) is 5.32 Å². The van der Waals surface area contributed by atoms with Gasteiger partial charge in [-0.2, -0.15) is 0 Å². The monoisotopic (exact) mass is 142 g/mol. The molecular weight excluding hydrogens is 128 g/mol. The maximum Gasteiger partial charge on any atom is 0.0635 e. The number of methoxy groups -OCH3 is 1. The van der Waals surface area contributed by atoms with Gasteiger partial charge in [-0.05, 0) is 12.5 Å². The maximum atomic E-state index is 6.82. The summed E-state index contributed by atoms with van der Waals surface area (Å²) >= 11 is 0. The molecule has 0 atom stereocenters. The van der Waals surface area contributed by atoms with Crippen LogP contribution >= 0.6 is 0 Å². The van der Waals surface area contributed by atoms with E-state index in [-0.39, 0.29) is 0 Å². The number of allylic oxidation sites excluding steroid dienone is 1. The van der Waals surface area contributed by atoms with Gasteiger partial charge in [0.2, 0.25) is 0 Å². The van der Waals surface area contributed by atoms with Crippen molar-refractivity contribution in [2.45, 2.75) is 6.92 Å². The van der Waals surface area contributed by atoms with Crippen molar-refractivity contribution < 1.29 is 4.74 Å². The van der Waals surface area contributed by atoms with E-state index in [4.69, 9.17) is 10.1 Å². The van der Waals surface area contributed by atoms with Crippen LogP contribution in [-0.2, 0) is 4.74 Å². The van der Waals surface area contributed by atoms with E-state index in [1.165, 1.54) is 6.21 Å². The van der Waals surface area contributed by atoms with Crippen molar-refractivity contribution in [3.63, 3.8) is 0 Å². The van der Waals surface area contributed by atoms with Gasteiger partial charge in [0.1, 0.15) is 0 Å². The summed E-state index contributed by atoms with van der Waals surface area (Å²) in [6.07, 6.45) is 3.10. The lowest BCUT2D eigenvalue weighted by Gasteiger charge is -1.98. The highest BCUT2D eigenvalue weighted by atomic mass is 16.5. The van der Waals surface area contributed by atoms with E-state index < -0.39 is 0 Å². The Kier molecular flexibility index (Phi) is 5.77. The van der Waals surface area contributed by atoms with E-state index in [2.05, 4.69) is 5.32 Å². The predicted octanol–water partition coefficient (Wildman–Crippen LogP) is 0.776. The first-order valence-electron chi connectivity index (χ1n) is 3.21. The molecule has 0 bridgehead atoms. The van der Waals surface area contributed by atoms with E-state index in [0.717, 1.165) is 12.1 Å². The second-order valence-corrected chi connectivity index (χ2v) is 1.98. The first-order chi connectivity index (χ1) is 4.81. The van der Waals surface area contributed by atoms with Crippen LogP contribution in [0.1, 0.15) is 6.92 Å². The van der Waals surface area contributed by atoms with Crippen LogP contribution in [0.25, 0.3) is 0 Å². The fraction of sp³-hybridized carbons (Fsp3) is 0.571. The summed E-state index contributed by atoms with van der Waals surface area (Å²) < 4.78 is 4.81. The van der Waals surface area contributed by atoms with Crippen LogP contribution < -0.4 is 5.32 Å². The van der Waals surface area contributed by atoms with Crippen molar-refractivity contribution in [2.75, 3.05) is 20.3 Å². The zero-order chi connectivity index (χ0) is 7.82. The lowest BCUT2D eigenvalue weighted by molar-refractivity contribution is 0.203. The quantitative estimate of drug-likeness (QED) is 0.440. The van der Waals surface area contributed by atoms with Gasteiger partial charge in [0, 0.05) is 26.1 Å². The summed E-state index contributed by atoms with van der Waals surface area (Å²) in [6, 6.07) is 0. The molecule has 0 fully saturated rings. The highest BCUT2D eigenvalue weighted by Crippen LogP contribution is 1.80. The molecule has 2 N–H and O–H groups in total. The van der Waals surface area contributed by atoms with Gasteiger partial charge in [-0.25, -0.2) is 0 Å². The maximum absolute atomic E-state index is 6.82. The minimum absolute atomic E-state index is 0.696. The summed E-state index contributed by atoms with van der Waals surface area (Å²) in [6.45, 7) is 3.36. The number of rotatable bonds is 5. The Morgan fingerprint density at radius 2 is 2.40 bits per heavy atom. The molecule has 0 aromatic heterocycles. The number of hydrogen-bond acceptors (Lipinski definition) is 3. The highest BCUT2D eigenvalue weighted by molar-refractivity contribution is 5.74. The van der Waals surface area contributed by atoms with Crippen LogP contribution in [0.5, 0.6) is 0 Å². The SMILES string of the molecule is COCCN/C=C(/C)C=N. The molecule has 3 nitrogen and oxygen atoms in total. The third kappa shape index (κ3) is 5.31. The van der Waals surface area contributed by atoms with Gasteiger partial charge in [0.05, 0.1) is 6.61 Å². The lowest BCUT2D eigenvalue weighted by atomic mass is 10.4. The van der Waals surface area contributed by atoms with Crippen LogP contribution in [0, 0.1) is 5.41 Å². The minimum atomic E-state index is 0.696. The molecule has 3 heteroatoms. The van der Waals surface area contributed by atoms with Gasteiger partial charge in [-0.15, -0.1) is 0 Å². The van der Waals surface area contributed by atoms with E-state index in [1.807, 2.05) is 6.92 Å². The van der Waals surface area contributed by atoms with Gasteiger partial charge >= 0.3 is 0 Å². The topological polar surface area (TPSA) is 45.1 Å². The number of nitrogens with one attached hydrogen (secondary N) is 2. The molecule has 0 aliphatic carbocycles. The average Bonchev–Trinajstić information content (AvgIpc) is 1.98. The Bertz CT molecular complexity index is 121. The van der Waals surface area contributed by atoms with Crippen molar-refractivity contribution in [3.8, 4) is 0 Å². The van der Waals surface area contributed by atoms with E-state index in [0.29, 0.717) is 6.61 Å². The zero-order valence-electron chi connectivity index (χ0n) is 6.48. The Morgan fingerprint density at radius 1 is 1.70 bits per heavy atom. The molecule has 0 unspecified atom stereocenters. The van der Waals surface area contributed by atoms with Crippen LogP contribution in [0.15, 0.2) is 11.8 Å². The molecule has 0 rings (SSSR count). The largest absolute Gasteiger partial charge is 0.388 e. The van der Waals surface area contributed by atoms with Crippen molar-refractivity contribution in [1.29, 1.82) is 5.41 Å². The molecule has 0 spiro atoms. The van der Waals surface area contributed by atoms with Crippen LogP contribution in [0.4, 0.5) is 0 Å². The molecule has 0 aromatic carbocycles. The zero-order valence-corrected chi connectivity index (χ0v) is 6.48. The summed E-state index contributed by atoms with van der Waals surface area (Å²) in [5.41, 5.74) is 0.913. The third-order valence-electron chi connectivity index (χ3n) is 1.01. The van der Waals surface area contributed by atoms with Crippen LogP contribution in [-0.4, -0.2) is 26.5 Å². The highest BCUT2D eigenvalue weighted by Gasteiger charge is 1.80. The molecule has 58 valence electrons. The molecule has 0 heterocycles. The molecular formula is C7H14N2O.